The molecule has 0 radical (unpaired) electrons. The number of ether oxygens (including phenoxy) is 6. The summed E-state index contributed by atoms with van der Waals surface area (Å²) in [5, 5.41) is 4.20. The Kier molecular flexibility index (Phi) is 12.1. The van der Waals surface area contributed by atoms with Crippen molar-refractivity contribution >= 4 is 23.3 Å². The van der Waals surface area contributed by atoms with Gasteiger partial charge in [-0.1, -0.05) is 43.6 Å². The van der Waals surface area contributed by atoms with Crippen LogP contribution in [-0.2, 0) is 39.1 Å². The number of esters is 1. The molecular weight excluding hydrogens is 752 g/mol. The molecule has 0 unspecified atom stereocenters. The molecule has 3 aliphatic carbocycles. The van der Waals surface area contributed by atoms with Gasteiger partial charge in [-0.05, 0) is 146 Å². The molecular formula is C48H57ClN2O7. The number of methoxy groups -OCH3 is 2. The molecule has 308 valence electrons. The number of pyridine rings is 1. The van der Waals surface area contributed by atoms with Crippen LogP contribution in [0.4, 0.5) is 5.69 Å². The fourth-order valence-electron chi connectivity index (χ4n) is 10.2. The highest BCUT2D eigenvalue weighted by Gasteiger charge is 2.55. The fraction of sp³-hybridized carbons (Fsp3) is 0.500. The number of anilines is 1. The Hall–Kier alpha value is -4.47. The van der Waals surface area contributed by atoms with Gasteiger partial charge in [-0.2, -0.15) is 0 Å². The molecule has 0 amide bonds. The van der Waals surface area contributed by atoms with Gasteiger partial charge in [-0.3, -0.25) is 4.98 Å². The first kappa shape index (κ1) is 40.3. The smallest absolute Gasteiger partial charge is 0.331 e. The third kappa shape index (κ3) is 8.35. The molecule has 3 aromatic carbocycles. The number of aryl methyl sites for hydroxylation is 1. The van der Waals surface area contributed by atoms with Crippen LogP contribution in [0.25, 0.3) is 0 Å². The summed E-state index contributed by atoms with van der Waals surface area (Å²) in [6.07, 6.45) is 10.7. The highest BCUT2D eigenvalue weighted by molar-refractivity contribution is 6.30. The highest BCUT2D eigenvalue weighted by Crippen LogP contribution is 2.58. The summed E-state index contributed by atoms with van der Waals surface area (Å²) in [6, 6.07) is 22.1. The monoisotopic (exact) mass is 808 g/mol. The van der Waals surface area contributed by atoms with Gasteiger partial charge in [0.25, 0.3) is 0 Å². The molecule has 1 saturated carbocycles. The van der Waals surface area contributed by atoms with Crippen molar-refractivity contribution in [1.29, 1.82) is 0 Å². The Morgan fingerprint density at radius 3 is 2.64 bits per heavy atom. The van der Waals surface area contributed by atoms with Gasteiger partial charge in [0, 0.05) is 34.6 Å². The summed E-state index contributed by atoms with van der Waals surface area (Å²) in [5.41, 5.74) is 6.02. The third-order valence-corrected chi connectivity index (χ3v) is 13.5. The summed E-state index contributed by atoms with van der Waals surface area (Å²) in [5.74, 6) is 4.29. The molecule has 0 bridgehead atoms. The maximum atomic E-state index is 13.7. The molecule has 58 heavy (non-hydrogen) atoms. The van der Waals surface area contributed by atoms with Gasteiger partial charge in [-0.15, -0.1) is 0 Å². The average Bonchev–Trinajstić information content (AvgIpc) is 3.51. The van der Waals surface area contributed by atoms with E-state index >= 15 is 0 Å². The summed E-state index contributed by atoms with van der Waals surface area (Å²) >= 11 is 6.38. The Morgan fingerprint density at radius 2 is 1.86 bits per heavy atom. The number of carbonyl (C=O) groups is 1. The van der Waals surface area contributed by atoms with Gasteiger partial charge in [0.05, 0.1) is 34.0 Å². The van der Waals surface area contributed by atoms with Crippen molar-refractivity contribution in [2.45, 2.75) is 108 Å². The van der Waals surface area contributed by atoms with Crippen LogP contribution in [0, 0.1) is 11.8 Å². The van der Waals surface area contributed by atoms with Crippen molar-refractivity contribution in [3.63, 3.8) is 0 Å². The number of hydrogen-bond donors (Lipinski definition) is 1. The van der Waals surface area contributed by atoms with Crippen LogP contribution in [0.2, 0.25) is 5.02 Å². The predicted molar refractivity (Wildman–Crippen MR) is 226 cm³/mol. The van der Waals surface area contributed by atoms with E-state index in [2.05, 4.69) is 31.3 Å². The summed E-state index contributed by atoms with van der Waals surface area (Å²) in [6.45, 7) is 6.81. The minimum absolute atomic E-state index is 0.0979. The number of carbonyl (C=O) groups excluding carboxylic acids is 1. The lowest BCUT2D eigenvalue weighted by atomic mass is 9.59. The number of rotatable bonds is 14. The largest absolute Gasteiger partial charge is 0.497 e. The zero-order valence-corrected chi connectivity index (χ0v) is 35.1. The molecule has 2 heterocycles. The second-order valence-electron chi connectivity index (χ2n) is 17.1. The van der Waals surface area contributed by atoms with Crippen molar-refractivity contribution in [3.8, 4) is 23.0 Å². The van der Waals surface area contributed by atoms with Crippen LogP contribution in [0.3, 0.4) is 0 Å². The lowest BCUT2D eigenvalue weighted by molar-refractivity contribution is -0.148. The van der Waals surface area contributed by atoms with Gasteiger partial charge in [0.15, 0.2) is 11.5 Å². The molecule has 1 aliphatic heterocycles. The van der Waals surface area contributed by atoms with Crippen LogP contribution < -0.4 is 24.3 Å². The van der Waals surface area contributed by atoms with E-state index in [0.29, 0.717) is 62.0 Å². The first-order valence-corrected chi connectivity index (χ1v) is 21.5. The van der Waals surface area contributed by atoms with Crippen molar-refractivity contribution in [1.82, 2.24) is 4.98 Å². The number of halogens is 1. The van der Waals surface area contributed by atoms with Crippen LogP contribution in [0.5, 0.6) is 23.0 Å². The van der Waals surface area contributed by atoms with Crippen LogP contribution in [0.15, 0.2) is 72.9 Å². The molecule has 10 heteroatoms. The first-order chi connectivity index (χ1) is 28.2. The zero-order valence-electron chi connectivity index (χ0n) is 34.3. The minimum atomic E-state index is -0.861. The van der Waals surface area contributed by atoms with Crippen molar-refractivity contribution in [3.05, 3.63) is 106 Å². The number of fused-ring (bicyclic) bond motifs is 4. The van der Waals surface area contributed by atoms with Crippen molar-refractivity contribution in [2.24, 2.45) is 11.8 Å². The minimum Gasteiger partial charge on any atom is -0.497 e. The Labute approximate surface area is 348 Å². The van der Waals surface area contributed by atoms with E-state index in [4.69, 9.17) is 45.0 Å². The number of aromatic nitrogens is 1. The molecule has 8 rings (SSSR count). The predicted octanol–water partition coefficient (Wildman–Crippen LogP) is 10.0. The number of benzene rings is 3. The Morgan fingerprint density at radius 1 is 1.03 bits per heavy atom. The lowest BCUT2D eigenvalue weighted by Gasteiger charge is -2.48. The standard InChI is InChI=1S/C48H57ClN2O7/c1-31(28-56-42-15-21-50-41-10-5-7-32(2)45(41)42)23-35-24-34-25-44-43(57-30-39(58-44)16-22-55-29-33-11-13-38(53-3)14-12-33)27-40(34)47(35)17-19-48(20-18-47,46(52)54-4)51-37-9-6-8-36(49)26-37/h6,8-9,11-15,21,25-27,31-32,35,39,51H,5,7,10,16-20,22-24,28-30H2,1-4H3/t31-,32-,35+,39+,47?,48?/m1/s1. The summed E-state index contributed by atoms with van der Waals surface area (Å²) in [7, 11) is 3.15. The van der Waals surface area contributed by atoms with E-state index in [1.54, 1.807) is 7.11 Å². The lowest BCUT2D eigenvalue weighted by Crippen LogP contribution is -2.53. The highest BCUT2D eigenvalue weighted by atomic mass is 35.5. The molecule has 4 aliphatic rings. The van der Waals surface area contributed by atoms with Gasteiger partial charge < -0.3 is 33.7 Å². The molecule has 1 fully saturated rings. The molecule has 1 N–H and O–H groups in total. The summed E-state index contributed by atoms with van der Waals surface area (Å²) < 4.78 is 36.5. The van der Waals surface area contributed by atoms with Crippen molar-refractivity contribution in [2.75, 3.05) is 39.4 Å². The van der Waals surface area contributed by atoms with Crippen LogP contribution in [-0.4, -0.2) is 56.6 Å². The number of nitrogens with zero attached hydrogens (tertiary/aromatic N) is 1. The maximum Gasteiger partial charge on any atom is 0.331 e. The molecule has 1 aromatic heterocycles. The molecule has 0 saturated heterocycles. The quantitative estimate of drug-likeness (QED) is 0.0987. The van der Waals surface area contributed by atoms with Gasteiger partial charge in [0.2, 0.25) is 0 Å². The van der Waals surface area contributed by atoms with E-state index in [1.807, 2.05) is 60.8 Å². The molecule has 4 aromatic rings. The Balaban J connectivity index is 0.999. The van der Waals surface area contributed by atoms with Crippen molar-refractivity contribution < 1.29 is 33.2 Å². The molecule has 9 nitrogen and oxygen atoms in total. The second kappa shape index (κ2) is 17.4. The van der Waals surface area contributed by atoms with E-state index in [9.17, 15) is 4.79 Å². The molecule has 4 atom stereocenters. The Bertz CT molecular complexity index is 2060. The number of nitrogens with one attached hydrogen (secondary N) is 1. The summed E-state index contributed by atoms with van der Waals surface area (Å²) in [4.78, 5) is 18.4. The molecule has 1 spiro atoms. The van der Waals surface area contributed by atoms with E-state index < -0.39 is 5.54 Å². The van der Waals surface area contributed by atoms with Crippen LogP contribution in [0.1, 0.15) is 99.1 Å². The van der Waals surface area contributed by atoms with E-state index in [-0.39, 0.29) is 17.5 Å². The van der Waals surface area contributed by atoms with E-state index in [0.717, 1.165) is 72.8 Å². The fourth-order valence-corrected chi connectivity index (χ4v) is 10.4. The van der Waals surface area contributed by atoms with Gasteiger partial charge in [-0.25, -0.2) is 4.79 Å². The normalized spacial score (nSPS) is 25.0. The zero-order chi connectivity index (χ0) is 40.3. The maximum absolute atomic E-state index is 13.7. The van der Waals surface area contributed by atoms with Crippen LogP contribution >= 0.6 is 11.6 Å². The third-order valence-electron chi connectivity index (χ3n) is 13.3. The van der Waals surface area contributed by atoms with Gasteiger partial charge >= 0.3 is 5.97 Å². The first-order valence-electron chi connectivity index (χ1n) is 21.1. The van der Waals surface area contributed by atoms with Gasteiger partial charge in [0.1, 0.15) is 29.7 Å². The second-order valence-corrected chi connectivity index (χ2v) is 17.5. The SMILES string of the molecule is COC(=O)C1(Nc2cccc(Cl)c2)CCC2(CC1)c1cc3c(cc1C[C@@H]2C[C@@H](C)COc1ccnc2c1[C@H](C)CCC2)O[C@@H](CCOCc1ccc(OC)cc1)CO3. The van der Waals surface area contributed by atoms with E-state index in [1.165, 1.54) is 42.3 Å². The average molecular weight is 809 g/mol. The topological polar surface area (TPSA) is 97.4 Å². The number of hydrogen-bond acceptors (Lipinski definition) is 9.